The molecule has 0 aliphatic carbocycles. The first-order chi connectivity index (χ1) is 12.7. The molecule has 2 aliphatic rings. The number of rotatable bonds is 5. The molecule has 1 aromatic carbocycles. The second-order valence-electron chi connectivity index (χ2n) is 6.83. The van der Waals surface area contributed by atoms with Crippen LogP contribution in [0.1, 0.15) is 17.5 Å². The van der Waals surface area contributed by atoms with E-state index in [1.165, 1.54) is 11.1 Å². The topological polar surface area (TPSA) is 85.5 Å². The Balaban J connectivity index is 1.41. The average molecular weight is 355 g/mol. The first-order valence-corrected chi connectivity index (χ1v) is 9.07. The molecule has 3 heterocycles. The Hall–Kier alpha value is -2.38. The monoisotopic (exact) mass is 355 g/mol. The van der Waals surface area contributed by atoms with Crippen LogP contribution in [0.25, 0.3) is 0 Å². The predicted octanol–water partition coefficient (Wildman–Crippen LogP) is 1.38. The molecule has 2 aliphatic heterocycles. The van der Waals surface area contributed by atoms with Crippen molar-refractivity contribution in [2.75, 3.05) is 37.4 Å². The minimum absolute atomic E-state index is 0.104. The molecule has 1 aromatic heterocycles. The van der Waals surface area contributed by atoms with E-state index in [4.69, 9.17) is 15.2 Å². The van der Waals surface area contributed by atoms with Gasteiger partial charge in [0.05, 0.1) is 18.8 Å². The SMILES string of the molecule is CO[C@@H]1CN(c2ccnc(N)n2)C[C@@H]1NCc1ccc2c(c1)CCCO2. The van der Waals surface area contributed by atoms with Crippen molar-refractivity contribution < 1.29 is 9.47 Å². The quantitative estimate of drug-likeness (QED) is 0.838. The fraction of sp³-hybridized carbons (Fsp3) is 0.474. The molecule has 2 aromatic rings. The van der Waals surface area contributed by atoms with Crippen LogP contribution in [-0.2, 0) is 17.7 Å². The highest BCUT2D eigenvalue weighted by Crippen LogP contribution is 2.26. The third kappa shape index (κ3) is 3.59. The molecule has 2 atom stereocenters. The van der Waals surface area contributed by atoms with Gasteiger partial charge in [0.1, 0.15) is 11.6 Å². The second kappa shape index (κ2) is 7.47. The third-order valence-corrected chi connectivity index (χ3v) is 5.09. The number of aromatic nitrogens is 2. The number of nitrogen functional groups attached to an aromatic ring is 1. The number of hydrogen-bond acceptors (Lipinski definition) is 7. The largest absolute Gasteiger partial charge is 0.493 e. The zero-order chi connectivity index (χ0) is 17.9. The molecular formula is C19H25N5O2. The van der Waals surface area contributed by atoms with E-state index in [0.29, 0.717) is 5.95 Å². The summed E-state index contributed by atoms with van der Waals surface area (Å²) in [4.78, 5) is 10.5. The van der Waals surface area contributed by atoms with Crippen molar-refractivity contribution in [2.24, 2.45) is 0 Å². The summed E-state index contributed by atoms with van der Waals surface area (Å²) in [6.45, 7) is 3.23. The van der Waals surface area contributed by atoms with Gasteiger partial charge in [0.2, 0.25) is 5.95 Å². The number of hydrogen-bond donors (Lipinski definition) is 2. The van der Waals surface area contributed by atoms with E-state index < -0.39 is 0 Å². The lowest BCUT2D eigenvalue weighted by Crippen LogP contribution is -2.39. The highest BCUT2D eigenvalue weighted by atomic mass is 16.5. The highest BCUT2D eigenvalue weighted by molar-refractivity contribution is 5.43. The van der Waals surface area contributed by atoms with Crippen molar-refractivity contribution >= 4 is 11.8 Å². The van der Waals surface area contributed by atoms with Crippen LogP contribution in [-0.4, -0.2) is 48.9 Å². The summed E-state index contributed by atoms with van der Waals surface area (Å²) in [5, 5.41) is 3.64. The minimum atomic E-state index is 0.104. The molecular weight excluding hydrogens is 330 g/mol. The molecule has 0 unspecified atom stereocenters. The summed E-state index contributed by atoms with van der Waals surface area (Å²) >= 11 is 0. The van der Waals surface area contributed by atoms with Gasteiger partial charge >= 0.3 is 0 Å². The van der Waals surface area contributed by atoms with Gasteiger partial charge in [-0.1, -0.05) is 12.1 Å². The third-order valence-electron chi connectivity index (χ3n) is 5.09. The van der Waals surface area contributed by atoms with Gasteiger partial charge in [0.25, 0.3) is 0 Å². The average Bonchev–Trinajstić information content (AvgIpc) is 3.09. The summed E-state index contributed by atoms with van der Waals surface area (Å²) in [6.07, 6.45) is 3.98. The van der Waals surface area contributed by atoms with E-state index in [-0.39, 0.29) is 12.1 Å². The minimum Gasteiger partial charge on any atom is -0.493 e. The van der Waals surface area contributed by atoms with Crippen LogP contribution in [0.4, 0.5) is 11.8 Å². The molecule has 1 saturated heterocycles. The first kappa shape index (κ1) is 17.1. The zero-order valence-electron chi connectivity index (χ0n) is 15.0. The lowest BCUT2D eigenvalue weighted by Gasteiger charge is -2.20. The smallest absolute Gasteiger partial charge is 0.221 e. The van der Waals surface area contributed by atoms with Gasteiger partial charge in [-0.3, -0.25) is 0 Å². The standard InChI is InChI=1S/C19H25N5O2/c1-25-17-12-24(18-6-7-21-19(20)23-18)11-15(17)22-10-13-4-5-16-14(9-13)3-2-8-26-16/h4-7,9,15,17,22H,2-3,8,10-12H2,1H3,(H2,20,21,23)/t15-,17+/m0/s1. The number of nitrogens with zero attached hydrogens (tertiary/aromatic N) is 3. The second-order valence-corrected chi connectivity index (χ2v) is 6.83. The van der Waals surface area contributed by atoms with Crippen LogP contribution in [0.3, 0.4) is 0 Å². The van der Waals surface area contributed by atoms with Crippen molar-refractivity contribution in [3.63, 3.8) is 0 Å². The van der Waals surface area contributed by atoms with Crippen molar-refractivity contribution in [1.29, 1.82) is 0 Å². The summed E-state index contributed by atoms with van der Waals surface area (Å²) in [5.41, 5.74) is 8.29. The van der Waals surface area contributed by atoms with E-state index in [2.05, 4.69) is 38.4 Å². The number of nitrogens with two attached hydrogens (primary N) is 1. The van der Waals surface area contributed by atoms with E-state index in [1.54, 1.807) is 13.3 Å². The zero-order valence-corrected chi connectivity index (χ0v) is 15.0. The van der Waals surface area contributed by atoms with Crippen LogP contribution in [0.15, 0.2) is 30.5 Å². The van der Waals surface area contributed by atoms with E-state index >= 15 is 0 Å². The Labute approximate surface area is 153 Å². The Kier molecular flexibility index (Phi) is 4.90. The number of ether oxygens (including phenoxy) is 2. The van der Waals surface area contributed by atoms with E-state index in [1.807, 2.05) is 6.07 Å². The lowest BCUT2D eigenvalue weighted by molar-refractivity contribution is 0.0966. The number of benzene rings is 1. The molecule has 0 amide bonds. The van der Waals surface area contributed by atoms with Gasteiger partial charge < -0.3 is 25.4 Å². The fourth-order valence-corrected chi connectivity index (χ4v) is 3.71. The summed E-state index contributed by atoms with van der Waals surface area (Å²) < 4.78 is 11.4. The Morgan fingerprint density at radius 2 is 2.27 bits per heavy atom. The highest BCUT2D eigenvalue weighted by Gasteiger charge is 2.33. The molecule has 7 nitrogen and oxygen atoms in total. The molecule has 138 valence electrons. The Morgan fingerprint density at radius 1 is 1.35 bits per heavy atom. The number of fused-ring (bicyclic) bond motifs is 1. The van der Waals surface area contributed by atoms with E-state index in [0.717, 1.165) is 50.7 Å². The molecule has 7 heteroatoms. The summed E-state index contributed by atoms with van der Waals surface area (Å²) in [5.74, 6) is 2.17. The molecule has 4 rings (SSSR count). The van der Waals surface area contributed by atoms with Crippen LogP contribution in [0.2, 0.25) is 0 Å². The normalized spacial score (nSPS) is 22.1. The van der Waals surface area contributed by atoms with Gasteiger partial charge in [0, 0.05) is 32.9 Å². The fourth-order valence-electron chi connectivity index (χ4n) is 3.71. The molecule has 1 fully saturated rings. The summed E-state index contributed by atoms with van der Waals surface area (Å²) in [7, 11) is 1.76. The summed E-state index contributed by atoms with van der Waals surface area (Å²) in [6, 6.07) is 8.58. The molecule has 0 spiro atoms. The van der Waals surface area contributed by atoms with Gasteiger partial charge in [-0.25, -0.2) is 4.98 Å². The van der Waals surface area contributed by atoms with Crippen LogP contribution in [0.5, 0.6) is 5.75 Å². The number of methoxy groups -OCH3 is 1. The van der Waals surface area contributed by atoms with Gasteiger partial charge in [-0.2, -0.15) is 4.98 Å². The van der Waals surface area contributed by atoms with Gasteiger partial charge in [0.15, 0.2) is 0 Å². The molecule has 26 heavy (non-hydrogen) atoms. The van der Waals surface area contributed by atoms with Crippen LogP contribution < -0.4 is 20.7 Å². The van der Waals surface area contributed by atoms with Crippen molar-refractivity contribution in [2.45, 2.75) is 31.5 Å². The first-order valence-electron chi connectivity index (χ1n) is 9.07. The Bertz CT molecular complexity index is 769. The van der Waals surface area contributed by atoms with Crippen molar-refractivity contribution in [3.8, 4) is 5.75 Å². The maximum absolute atomic E-state index is 5.71. The number of anilines is 2. The number of nitrogens with one attached hydrogen (secondary N) is 1. The van der Waals surface area contributed by atoms with Crippen LogP contribution in [0, 0.1) is 0 Å². The Morgan fingerprint density at radius 3 is 3.12 bits per heavy atom. The van der Waals surface area contributed by atoms with Gasteiger partial charge in [-0.05, 0) is 36.1 Å². The van der Waals surface area contributed by atoms with E-state index in [9.17, 15) is 0 Å². The molecule has 0 radical (unpaired) electrons. The predicted molar refractivity (Wildman–Crippen MR) is 100 cm³/mol. The van der Waals surface area contributed by atoms with Crippen LogP contribution >= 0.6 is 0 Å². The molecule has 0 saturated carbocycles. The maximum Gasteiger partial charge on any atom is 0.221 e. The van der Waals surface area contributed by atoms with Crippen molar-refractivity contribution in [1.82, 2.24) is 15.3 Å². The lowest BCUT2D eigenvalue weighted by atomic mass is 10.0. The number of aryl methyl sites for hydroxylation is 1. The molecule has 3 N–H and O–H groups in total. The molecule has 0 bridgehead atoms. The van der Waals surface area contributed by atoms with Gasteiger partial charge in [-0.15, -0.1) is 0 Å². The van der Waals surface area contributed by atoms with Crippen molar-refractivity contribution in [3.05, 3.63) is 41.6 Å². The maximum atomic E-state index is 5.71.